The minimum Gasteiger partial charge on any atom is -0.337 e. The fourth-order valence-electron chi connectivity index (χ4n) is 3.04. The topological polar surface area (TPSA) is 45.2 Å². The summed E-state index contributed by atoms with van der Waals surface area (Å²) in [5.74, 6) is -0.918. The second-order valence-electron chi connectivity index (χ2n) is 6.18. The van der Waals surface area contributed by atoms with Crippen LogP contribution in [-0.4, -0.2) is 42.0 Å². The second kappa shape index (κ2) is 8.01. The van der Waals surface area contributed by atoms with Crippen LogP contribution < -0.4 is 5.32 Å². The van der Waals surface area contributed by atoms with Crippen molar-refractivity contribution in [2.24, 2.45) is 5.92 Å². The van der Waals surface area contributed by atoms with Crippen LogP contribution in [0.4, 0.5) is 8.78 Å². The SMILES string of the molecule is CCNCC1CCN(C(=O)c2csc(-c3c(F)cccc3F)n2)CC1. The monoisotopic (exact) mass is 365 g/mol. The first-order valence-corrected chi connectivity index (χ1v) is 9.38. The molecule has 3 rings (SSSR count). The Morgan fingerprint density at radius 2 is 2.00 bits per heavy atom. The highest BCUT2D eigenvalue weighted by Crippen LogP contribution is 2.29. The van der Waals surface area contributed by atoms with Gasteiger partial charge in [-0.05, 0) is 44.0 Å². The average molecular weight is 365 g/mol. The van der Waals surface area contributed by atoms with E-state index in [1.54, 1.807) is 10.3 Å². The van der Waals surface area contributed by atoms with Gasteiger partial charge in [0.2, 0.25) is 0 Å². The Labute approximate surface area is 149 Å². The van der Waals surface area contributed by atoms with E-state index in [9.17, 15) is 13.6 Å². The van der Waals surface area contributed by atoms with Crippen LogP contribution >= 0.6 is 11.3 Å². The Balaban J connectivity index is 1.68. The van der Waals surface area contributed by atoms with Crippen LogP contribution in [0, 0.1) is 17.6 Å². The number of nitrogens with zero attached hydrogens (tertiary/aromatic N) is 2. The molecule has 1 aromatic heterocycles. The van der Waals surface area contributed by atoms with Crippen LogP contribution in [0.5, 0.6) is 0 Å². The van der Waals surface area contributed by atoms with Crippen LogP contribution in [0.25, 0.3) is 10.6 Å². The molecule has 1 amide bonds. The van der Waals surface area contributed by atoms with E-state index in [1.165, 1.54) is 18.2 Å². The van der Waals surface area contributed by atoms with E-state index in [-0.39, 0.29) is 22.2 Å². The van der Waals surface area contributed by atoms with Gasteiger partial charge in [-0.15, -0.1) is 11.3 Å². The molecule has 1 saturated heterocycles. The molecular formula is C18H21F2N3OS. The number of thiazole rings is 1. The summed E-state index contributed by atoms with van der Waals surface area (Å²) in [6.45, 7) is 5.39. The van der Waals surface area contributed by atoms with E-state index in [0.717, 1.165) is 37.3 Å². The van der Waals surface area contributed by atoms with E-state index in [2.05, 4.69) is 17.2 Å². The van der Waals surface area contributed by atoms with E-state index < -0.39 is 11.6 Å². The molecule has 0 aliphatic carbocycles. The number of carbonyl (C=O) groups is 1. The Morgan fingerprint density at radius 3 is 2.64 bits per heavy atom. The van der Waals surface area contributed by atoms with Crippen LogP contribution in [0.1, 0.15) is 30.3 Å². The molecule has 0 radical (unpaired) electrons. The maximum atomic E-state index is 13.9. The second-order valence-corrected chi connectivity index (χ2v) is 7.04. The molecule has 134 valence electrons. The van der Waals surface area contributed by atoms with Crippen molar-refractivity contribution < 1.29 is 13.6 Å². The normalized spacial score (nSPS) is 15.6. The number of hydrogen-bond acceptors (Lipinski definition) is 4. The van der Waals surface area contributed by atoms with Crippen LogP contribution in [-0.2, 0) is 0 Å². The fourth-order valence-corrected chi connectivity index (χ4v) is 3.88. The molecular weight excluding hydrogens is 344 g/mol. The lowest BCUT2D eigenvalue weighted by molar-refractivity contribution is 0.0685. The average Bonchev–Trinajstić information content (AvgIpc) is 3.09. The summed E-state index contributed by atoms with van der Waals surface area (Å²) in [5, 5.41) is 5.11. The van der Waals surface area contributed by atoms with Gasteiger partial charge in [-0.25, -0.2) is 13.8 Å². The first-order chi connectivity index (χ1) is 12.1. The third kappa shape index (κ3) is 4.04. The summed E-state index contributed by atoms with van der Waals surface area (Å²) in [6.07, 6.45) is 1.91. The molecule has 7 heteroatoms. The van der Waals surface area contributed by atoms with E-state index >= 15 is 0 Å². The predicted octanol–water partition coefficient (Wildman–Crippen LogP) is 3.55. The van der Waals surface area contributed by atoms with E-state index in [4.69, 9.17) is 0 Å². The number of carbonyl (C=O) groups excluding carboxylic acids is 1. The number of amides is 1. The van der Waals surface area contributed by atoms with Crippen molar-refractivity contribution in [3.05, 3.63) is 40.9 Å². The van der Waals surface area contributed by atoms with Gasteiger partial charge < -0.3 is 10.2 Å². The Kier molecular flexibility index (Phi) is 5.75. The molecule has 0 spiro atoms. The molecule has 4 nitrogen and oxygen atoms in total. The molecule has 1 aliphatic rings. The highest BCUT2D eigenvalue weighted by atomic mass is 32.1. The van der Waals surface area contributed by atoms with E-state index in [0.29, 0.717) is 19.0 Å². The van der Waals surface area contributed by atoms with Gasteiger partial charge in [0.1, 0.15) is 22.3 Å². The Bertz CT molecular complexity index is 721. The zero-order valence-electron chi connectivity index (χ0n) is 14.1. The zero-order chi connectivity index (χ0) is 17.8. The summed E-state index contributed by atoms with van der Waals surface area (Å²) >= 11 is 1.09. The lowest BCUT2D eigenvalue weighted by atomic mass is 9.96. The molecule has 25 heavy (non-hydrogen) atoms. The number of likely N-dealkylation sites (tertiary alicyclic amines) is 1. The Hall–Kier alpha value is -1.86. The third-order valence-electron chi connectivity index (χ3n) is 4.48. The number of halogens is 2. The number of aromatic nitrogens is 1. The molecule has 0 saturated carbocycles. The van der Waals surface area contributed by atoms with Gasteiger partial charge in [0.15, 0.2) is 0 Å². The van der Waals surface area contributed by atoms with Crippen molar-refractivity contribution in [1.29, 1.82) is 0 Å². The maximum Gasteiger partial charge on any atom is 0.273 e. The maximum absolute atomic E-state index is 13.9. The minimum atomic E-state index is -0.669. The molecule has 0 atom stereocenters. The standard InChI is InChI=1S/C18H21F2N3OS/c1-2-21-10-12-6-8-23(9-7-12)18(24)15-11-25-17(22-15)16-13(19)4-3-5-14(16)20/h3-5,11-12,21H,2,6-10H2,1H3. The van der Waals surface area contributed by atoms with Gasteiger partial charge in [-0.3, -0.25) is 4.79 Å². The molecule has 2 heterocycles. The van der Waals surface area contributed by atoms with Crippen molar-refractivity contribution in [1.82, 2.24) is 15.2 Å². The first kappa shape index (κ1) is 17.9. The number of rotatable bonds is 5. The van der Waals surface area contributed by atoms with Crippen LogP contribution in [0.2, 0.25) is 0 Å². The van der Waals surface area contributed by atoms with Crippen molar-refractivity contribution in [2.45, 2.75) is 19.8 Å². The predicted molar refractivity (Wildman–Crippen MR) is 94.6 cm³/mol. The number of nitrogens with one attached hydrogen (secondary N) is 1. The largest absolute Gasteiger partial charge is 0.337 e. The molecule has 0 unspecified atom stereocenters. The molecule has 1 fully saturated rings. The molecule has 1 N–H and O–H groups in total. The van der Waals surface area contributed by atoms with Crippen molar-refractivity contribution >= 4 is 17.2 Å². The van der Waals surface area contributed by atoms with Gasteiger partial charge in [0, 0.05) is 18.5 Å². The summed E-state index contributed by atoms with van der Waals surface area (Å²) in [6, 6.07) is 3.69. The van der Waals surface area contributed by atoms with Crippen LogP contribution in [0.15, 0.2) is 23.6 Å². The fraction of sp³-hybridized carbons (Fsp3) is 0.444. The Morgan fingerprint density at radius 1 is 1.32 bits per heavy atom. The first-order valence-electron chi connectivity index (χ1n) is 8.50. The molecule has 2 aromatic rings. The molecule has 1 aromatic carbocycles. The quantitative estimate of drug-likeness (QED) is 0.881. The van der Waals surface area contributed by atoms with Crippen molar-refractivity contribution in [3.63, 3.8) is 0 Å². The highest BCUT2D eigenvalue weighted by Gasteiger charge is 2.25. The van der Waals surface area contributed by atoms with Gasteiger partial charge in [0.05, 0.1) is 5.56 Å². The molecule has 0 bridgehead atoms. The number of hydrogen-bond donors (Lipinski definition) is 1. The molecule has 1 aliphatic heterocycles. The summed E-state index contributed by atoms with van der Waals surface area (Å²) in [5.41, 5.74) is 0.0867. The summed E-state index contributed by atoms with van der Waals surface area (Å²) < 4.78 is 27.7. The third-order valence-corrected chi connectivity index (χ3v) is 5.34. The van der Waals surface area contributed by atoms with Crippen molar-refractivity contribution in [3.8, 4) is 10.6 Å². The van der Waals surface area contributed by atoms with Gasteiger partial charge in [0.25, 0.3) is 5.91 Å². The van der Waals surface area contributed by atoms with Gasteiger partial charge in [-0.1, -0.05) is 13.0 Å². The van der Waals surface area contributed by atoms with Crippen LogP contribution in [0.3, 0.4) is 0 Å². The zero-order valence-corrected chi connectivity index (χ0v) is 14.9. The minimum absolute atomic E-state index is 0.166. The smallest absolute Gasteiger partial charge is 0.273 e. The van der Waals surface area contributed by atoms with Gasteiger partial charge >= 0.3 is 0 Å². The summed E-state index contributed by atoms with van der Waals surface area (Å²) in [7, 11) is 0. The lowest BCUT2D eigenvalue weighted by Gasteiger charge is -2.31. The lowest BCUT2D eigenvalue weighted by Crippen LogP contribution is -2.40. The van der Waals surface area contributed by atoms with E-state index in [1.807, 2.05) is 0 Å². The van der Waals surface area contributed by atoms with Gasteiger partial charge in [-0.2, -0.15) is 0 Å². The summed E-state index contributed by atoms with van der Waals surface area (Å²) in [4.78, 5) is 18.6. The number of piperidine rings is 1. The number of benzene rings is 1. The highest BCUT2D eigenvalue weighted by molar-refractivity contribution is 7.13. The van der Waals surface area contributed by atoms with Crippen molar-refractivity contribution in [2.75, 3.05) is 26.2 Å².